The van der Waals surface area contributed by atoms with Crippen molar-refractivity contribution in [3.8, 4) is 5.88 Å². The molecule has 2 heterocycles. The minimum Gasteiger partial charge on any atom is -0.475 e. The minimum absolute atomic E-state index is 0.0901. The smallest absolute Gasteiger partial charge is 0.412 e. The zero-order chi connectivity index (χ0) is 22.3. The first-order valence-electron chi connectivity index (χ1n) is 10.1. The summed E-state index contributed by atoms with van der Waals surface area (Å²) in [5.41, 5.74) is 1.58. The van der Waals surface area contributed by atoms with Crippen LogP contribution in [0.25, 0.3) is 21.9 Å². The molecule has 2 aromatic heterocycles. The molecule has 3 rings (SSSR count). The van der Waals surface area contributed by atoms with Crippen LogP contribution in [0.2, 0.25) is 0 Å². The first-order valence-corrected chi connectivity index (χ1v) is 10.1. The maximum Gasteiger partial charge on any atom is 0.412 e. The van der Waals surface area contributed by atoms with Gasteiger partial charge in [-0.2, -0.15) is 4.98 Å². The van der Waals surface area contributed by atoms with Gasteiger partial charge in [0.1, 0.15) is 24.5 Å². The summed E-state index contributed by atoms with van der Waals surface area (Å²) in [7, 11) is 0. The third kappa shape index (κ3) is 6.80. The van der Waals surface area contributed by atoms with Crippen molar-refractivity contribution in [3.05, 3.63) is 30.3 Å². The molecule has 2 N–H and O–H groups in total. The van der Waals surface area contributed by atoms with E-state index < -0.39 is 18.4 Å². The van der Waals surface area contributed by atoms with Crippen LogP contribution in [0.3, 0.4) is 0 Å². The Morgan fingerprint density at radius 2 is 1.74 bits per heavy atom. The summed E-state index contributed by atoms with van der Waals surface area (Å²) in [6, 6.07) is 9.30. The van der Waals surface area contributed by atoms with Gasteiger partial charge in [-0.25, -0.2) is 9.18 Å². The van der Waals surface area contributed by atoms with Gasteiger partial charge in [0, 0.05) is 28.0 Å². The number of benzene rings is 1. The van der Waals surface area contributed by atoms with E-state index in [2.05, 4.69) is 15.3 Å². The molecule has 0 unspecified atom stereocenters. The highest BCUT2D eigenvalue weighted by Gasteiger charge is 2.16. The van der Waals surface area contributed by atoms with E-state index in [-0.39, 0.29) is 6.61 Å². The number of amides is 1. The first kappa shape index (κ1) is 22.8. The number of nitrogens with one attached hydrogen (secondary N) is 2. The normalized spacial score (nSPS) is 11.7. The molecule has 0 spiro atoms. The molecule has 1 aromatic carbocycles. The SMILES string of the molecule is CC(C)(C)OC(=O)Nc1ccc2c(c1)[nH]c1nc(OCCOCCOCCF)ccc12. The Bertz CT molecular complexity index is 1020. The van der Waals surface area contributed by atoms with E-state index in [0.717, 1.165) is 16.3 Å². The number of halogens is 1. The fraction of sp³-hybridized carbons (Fsp3) is 0.455. The van der Waals surface area contributed by atoms with Crippen LogP contribution in [0.5, 0.6) is 5.88 Å². The third-order valence-corrected chi connectivity index (χ3v) is 4.15. The lowest BCUT2D eigenvalue weighted by Gasteiger charge is -2.19. The van der Waals surface area contributed by atoms with Gasteiger partial charge >= 0.3 is 6.09 Å². The van der Waals surface area contributed by atoms with Crippen LogP contribution in [-0.4, -0.2) is 61.4 Å². The topological polar surface area (TPSA) is 94.7 Å². The molecular weight excluding hydrogens is 405 g/mol. The summed E-state index contributed by atoms with van der Waals surface area (Å²) < 4.78 is 33.2. The second-order valence-electron chi connectivity index (χ2n) is 7.82. The standard InChI is InChI=1S/C22H28FN3O5/c1-22(2,3)31-21(27)24-15-4-5-16-17-6-7-19(26-20(17)25-18(16)14-15)30-13-12-29-11-10-28-9-8-23/h4-7,14H,8-13H2,1-3H3,(H,24,27)(H,25,26). The number of alkyl halides is 1. The van der Waals surface area contributed by atoms with Gasteiger partial charge in [-0.3, -0.25) is 5.32 Å². The van der Waals surface area contributed by atoms with Crippen LogP contribution in [0.1, 0.15) is 20.8 Å². The van der Waals surface area contributed by atoms with Crippen LogP contribution < -0.4 is 10.1 Å². The minimum atomic E-state index is -0.566. The molecule has 8 nitrogen and oxygen atoms in total. The molecule has 0 saturated carbocycles. The highest BCUT2D eigenvalue weighted by Crippen LogP contribution is 2.28. The molecule has 168 valence electrons. The Kier molecular flexibility index (Phi) is 7.64. The van der Waals surface area contributed by atoms with Gasteiger partial charge in [0.05, 0.1) is 26.4 Å². The van der Waals surface area contributed by atoms with Crippen LogP contribution in [0.4, 0.5) is 14.9 Å². The molecule has 0 atom stereocenters. The molecular formula is C22H28FN3O5. The quantitative estimate of drug-likeness (QED) is 0.459. The van der Waals surface area contributed by atoms with Crippen molar-refractivity contribution in [2.75, 3.05) is 45.0 Å². The zero-order valence-corrected chi connectivity index (χ0v) is 18.0. The fourth-order valence-corrected chi connectivity index (χ4v) is 2.93. The highest BCUT2D eigenvalue weighted by atomic mass is 19.1. The highest BCUT2D eigenvalue weighted by molar-refractivity contribution is 6.07. The number of ether oxygens (including phenoxy) is 4. The predicted octanol–water partition coefficient (Wildman–Crippen LogP) is 4.44. The van der Waals surface area contributed by atoms with Crippen molar-refractivity contribution in [3.63, 3.8) is 0 Å². The van der Waals surface area contributed by atoms with Gasteiger partial charge in [0.25, 0.3) is 0 Å². The second-order valence-corrected chi connectivity index (χ2v) is 7.82. The number of fused-ring (bicyclic) bond motifs is 3. The second kappa shape index (κ2) is 10.4. The van der Waals surface area contributed by atoms with Gasteiger partial charge in [0.2, 0.25) is 5.88 Å². The zero-order valence-electron chi connectivity index (χ0n) is 18.0. The fourth-order valence-electron chi connectivity index (χ4n) is 2.93. The van der Waals surface area contributed by atoms with E-state index in [0.29, 0.717) is 43.6 Å². The molecule has 0 bridgehead atoms. The van der Waals surface area contributed by atoms with Crippen LogP contribution in [-0.2, 0) is 14.2 Å². The van der Waals surface area contributed by atoms with E-state index in [1.165, 1.54) is 0 Å². The van der Waals surface area contributed by atoms with Gasteiger partial charge in [0.15, 0.2) is 0 Å². The Balaban J connectivity index is 1.58. The lowest BCUT2D eigenvalue weighted by Crippen LogP contribution is -2.27. The summed E-state index contributed by atoms with van der Waals surface area (Å²) in [6.45, 7) is 6.50. The maximum absolute atomic E-state index is 12.0. The Morgan fingerprint density at radius 1 is 1.03 bits per heavy atom. The van der Waals surface area contributed by atoms with E-state index in [1.54, 1.807) is 6.07 Å². The number of carbonyl (C=O) groups is 1. The molecule has 0 aliphatic rings. The number of pyridine rings is 1. The molecule has 3 aromatic rings. The van der Waals surface area contributed by atoms with E-state index in [1.807, 2.05) is 45.0 Å². The van der Waals surface area contributed by atoms with E-state index in [9.17, 15) is 9.18 Å². The lowest BCUT2D eigenvalue weighted by atomic mass is 10.2. The van der Waals surface area contributed by atoms with Crippen molar-refractivity contribution >= 4 is 33.7 Å². The average Bonchev–Trinajstić information content (AvgIpc) is 3.05. The van der Waals surface area contributed by atoms with Crippen LogP contribution in [0.15, 0.2) is 30.3 Å². The largest absolute Gasteiger partial charge is 0.475 e. The number of aromatic nitrogens is 2. The molecule has 0 aliphatic carbocycles. The number of hydrogen-bond acceptors (Lipinski definition) is 6. The molecule has 0 radical (unpaired) electrons. The van der Waals surface area contributed by atoms with E-state index >= 15 is 0 Å². The number of anilines is 1. The number of rotatable bonds is 10. The van der Waals surface area contributed by atoms with Crippen molar-refractivity contribution in [1.82, 2.24) is 9.97 Å². The van der Waals surface area contributed by atoms with Gasteiger partial charge in [-0.1, -0.05) is 6.07 Å². The molecule has 31 heavy (non-hydrogen) atoms. The molecule has 0 fully saturated rings. The number of nitrogens with zero attached hydrogens (tertiary/aromatic N) is 1. The third-order valence-electron chi connectivity index (χ3n) is 4.15. The molecule has 9 heteroatoms. The Labute approximate surface area is 180 Å². The van der Waals surface area contributed by atoms with Gasteiger partial charge < -0.3 is 23.9 Å². The summed E-state index contributed by atoms with van der Waals surface area (Å²) in [4.78, 5) is 19.7. The summed E-state index contributed by atoms with van der Waals surface area (Å²) in [6.07, 6.45) is -0.507. The van der Waals surface area contributed by atoms with Gasteiger partial charge in [-0.15, -0.1) is 0 Å². The van der Waals surface area contributed by atoms with Crippen LogP contribution >= 0.6 is 0 Å². The maximum atomic E-state index is 12.0. The molecule has 0 aliphatic heterocycles. The number of carbonyl (C=O) groups excluding carboxylic acids is 1. The Morgan fingerprint density at radius 3 is 2.48 bits per heavy atom. The van der Waals surface area contributed by atoms with E-state index in [4.69, 9.17) is 18.9 Å². The van der Waals surface area contributed by atoms with Crippen molar-refractivity contribution < 1.29 is 28.1 Å². The first-order chi connectivity index (χ1) is 14.9. The number of hydrogen-bond donors (Lipinski definition) is 2. The predicted molar refractivity (Wildman–Crippen MR) is 117 cm³/mol. The number of H-pyrrole nitrogens is 1. The van der Waals surface area contributed by atoms with Crippen molar-refractivity contribution in [2.24, 2.45) is 0 Å². The molecule has 0 saturated heterocycles. The molecule has 1 amide bonds. The number of aromatic amines is 1. The van der Waals surface area contributed by atoms with Crippen molar-refractivity contribution in [2.45, 2.75) is 26.4 Å². The summed E-state index contributed by atoms with van der Waals surface area (Å²) >= 11 is 0. The monoisotopic (exact) mass is 433 g/mol. The summed E-state index contributed by atoms with van der Waals surface area (Å²) in [5.74, 6) is 0.475. The Hall–Kier alpha value is -2.91. The summed E-state index contributed by atoms with van der Waals surface area (Å²) in [5, 5.41) is 4.67. The lowest BCUT2D eigenvalue weighted by molar-refractivity contribution is 0.0321. The average molecular weight is 433 g/mol. The van der Waals surface area contributed by atoms with Gasteiger partial charge in [-0.05, 0) is 39.0 Å². The van der Waals surface area contributed by atoms with Crippen molar-refractivity contribution in [1.29, 1.82) is 0 Å². The van der Waals surface area contributed by atoms with Crippen LogP contribution in [0, 0.1) is 0 Å².